The van der Waals surface area contributed by atoms with E-state index < -0.39 is 16.1 Å². The smallest absolute Gasteiger partial charge is 0.252 e. The summed E-state index contributed by atoms with van der Waals surface area (Å²) >= 11 is 0. The van der Waals surface area contributed by atoms with Crippen LogP contribution in [0.1, 0.15) is 27.7 Å². The first-order valence-electron chi connectivity index (χ1n) is 8.61. The lowest BCUT2D eigenvalue weighted by Crippen LogP contribution is -2.29. The van der Waals surface area contributed by atoms with Crippen molar-refractivity contribution >= 4 is 15.9 Å². The van der Waals surface area contributed by atoms with Crippen LogP contribution in [-0.2, 0) is 10.0 Å². The van der Waals surface area contributed by atoms with Gasteiger partial charge in [0.1, 0.15) is 11.8 Å². The van der Waals surface area contributed by atoms with Crippen LogP contribution in [0.4, 0.5) is 0 Å². The van der Waals surface area contributed by atoms with Gasteiger partial charge in [0.2, 0.25) is 10.0 Å². The summed E-state index contributed by atoms with van der Waals surface area (Å²) in [4.78, 5) is 12.8. The molecule has 1 unspecified atom stereocenters. The standard InChI is InChI=1S/C21H20N2O4S/c1-2-14-22-28(25,26)18-12-10-17(11-13-18)21(24)23-20(19-9-6-15-27-19)16-7-4-3-5-8-16/h2-13,15,20,22H,1,14H2,(H,23,24). The quantitative estimate of drug-likeness (QED) is 0.572. The molecule has 0 aliphatic heterocycles. The second kappa shape index (κ2) is 8.69. The Morgan fingerprint density at radius 1 is 1.04 bits per heavy atom. The van der Waals surface area contributed by atoms with Crippen molar-refractivity contribution in [3.05, 3.63) is 103 Å². The summed E-state index contributed by atoms with van der Waals surface area (Å²) in [5, 5.41) is 2.93. The summed E-state index contributed by atoms with van der Waals surface area (Å²) in [6, 6.07) is 18.3. The van der Waals surface area contributed by atoms with Gasteiger partial charge in [-0.1, -0.05) is 36.4 Å². The summed E-state index contributed by atoms with van der Waals surface area (Å²) in [6.07, 6.45) is 3.01. The van der Waals surface area contributed by atoms with Gasteiger partial charge in [-0.25, -0.2) is 13.1 Å². The second-order valence-electron chi connectivity index (χ2n) is 6.00. The Morgan fingerprint density at radius 3 is 2.36 bits per heavy atom. The fourth-order valence-corrected chi connectivity index (χ4v) is 3.67. The highest BCUT2D eigenvalue weighted by atomic mass is 32.2. The first-order valence-corrected chi connectivity index (χ1v) is 10.1. The van der Waals surface area contributed by atoms with E-state index in [0.29, 0.717) is 11.3 Å². The highest BCUT2D eigenvalue weighted by molar-refractivity contribution is 7.89. The van der Waals surface area contributed by atoms with Gasteiger partial charge in [-0.15, -0.1) is 6.58 Å². The lowest BCUT2D eigenvalue weighted by molar-refractivity contribution is 0.0939. The van der Waals surface area contributed by atoms with E-state index in [-0.39, 0.29) is 17.3 Å². The number of nitrogens with one attached hydrogen (secondary N) is 2. The van der Waals surface area contributed by atoms with Crippen LogP contribution in [0, 0.1) is 0 Å². The Kier molecular flexibility index (Phi) is 6.08. The number of sulfonamides is 1. The van der Waals surface area contributed by atoms with Crippen molar-refractivity contribution in [2.24, 2.45) is 0 Å². The zero-order chi connectivity index (χ0) is 20.0. The fourth-order valence-electron chi connectivity index (χ4n) is 2.67. The summed E-state index contributed by atoms with van der Waals surface area (Å²) in [6.45, 7) is 3.61. The van der Waals surface area contributed by atoms with E-state index in [9.17, 15) is 13.2 Å². The molecule has 0 bridgehead atoms. The van der Waals surface area contributed by atoms with Gasteiger partial charge in [-0.2, -0.15) is 0 Å². The molecular weight excluding hydrogens is 376 g/mol. The van der Waals surface area contributed by atoms with Gasteiger partial charge in [0, 0.05) is 12.1 Å². The molecule has 2 aromatic carbocycles. The van der Waals surface area contributed by atoms with Gasteiger partial charge in [0.25, 0.3) is 5.91 Å². The summed E-state index contributed by atoms with van der Waals surface area (Å²) in [7, 11) is -3.63. The SMILES string of the molecule is C=CCNS(=O)(=O)c1ccc(C(=O)NC(c2ccccc2)c2ccco2)cc1. The Hall–Kier alpha value is -3.16. The lowest BCUT2D eigenvalue weighted by Gasteiger charge is -2.17. The average Bonchev–Trinajstić information content (AvgIpc) is 3.25. The molecule has 6 nitrogen and oxygen atoms in total. The van der Waals surface area contributed by atoms with Gasteiger partial charge in [-0.3, -0.25) is 4.79 Å². The van der Waals surface area contributed by atoms with Crippen LogP contribution in [0.5, 0.6) is 0 Å². The summed E-state index contributed by atoms with van der Waals surface area (Å²) in [5.41, 5.74) is 1.22. The van der Waals surface area contributed by atoms with Crippen molar-refractivity contribution in [2.45, 2.75) is 10.9 Å². The van der Waals surface area contributed by atoms with Crippen molar-refractivity contribution < 1.29 is 17.6 Å². The van der Waals surface area contributed by atoms with Crippen molar-refractivity contribution in [3.8, 4) is 0 Å². The predicted octanol–water partition coefficient (Wildman–Crippen LogP) is 3.26. The van der Waals surface area contributed by atoms with E-state index in [2.05, 4.69) is 16.6 Å². The van der Waals surface area contributed by atoms with Gasteiger partial charge in [0.05, 0.1) is 11.2 Å². The zero-order valence-corrected chi connectivity index (χ0v) is 15.9. The highest BCUT2D eigenvalue weighted by Gasteiger charge is 2.20. The molecule has 2 N–H and O–H groups in total. The summed E-state index contributed by atoms with van der Waals surface area (Å²) in [5.74, 6) is 0.264. The largest absolute Gasteiger partial charge is 0.467 e. The molecule has 0 saturated carbocycles. The average molecular weight is 396 g/mol. The van der Waals surface area contributed by atoms with Crippen LogP contribution >= 0.6 is 0 Å². The minimum Gasteiger partial charge on any atom is -0.467 e. The van der Waals surface area contributed by atoms with E-state index in [1.165, 1.54) is 30.3 Å². The van der Waals surface area contributed by atoms with Gasteiger partial charge in [-0.05, 0) is 42.0 Å². The minimum absolute atomic E-state index is 0.0801. The number of hydrogen-bond donors (Lipinski definition) is 2. The van der Waals surface area contributed by atoms with E-state index in [4.69, 9.17) is 4.42 Å². The molecule has 0 fully saturated rings. The van der Waals surface area contributed by atoms with E-state index >= 15 is 0 Å². The molecule has 0 aliphatic carbocycles. The maximum atomic E-state index is 12.7. The van der Waals surface area contributed by atoms with E-state index in [1.54, 1.807) is 18.4 Å². The molecule has 0 radical (unpaired) electrons. The number of rotatable bonds is 8. The number of hydrogen-bond acceptors (Lipinski definition) is 4. The molecule has 1 heterocycles. The van der Waals surface area contributed by atoms with Crippen molar-refractivity contribution in [1.29, 1.82) is 0 Å². The molecule has 3 rings (SSSR count). The van der Waals surface area contributed by atoms with Gasteiger partial charge in [0.15, 0.2) is 0 Å². The highest BCUT2D eigenvalue weighted by Crippen LogP contribution is 2.23. The van der Waals surface area contributed by atoms with Crippen molar-refractivity contribution in [3.63, 3.8) is 0 Å². The van der Waals surface area contributed by atoms with Crippen molar-refractivity contribution in [1.82, 2.24) is 10.0 Å². The maximum Gasteiger partial charge on any atom is 0.252 e. The zero-order valence-electron chi connectivity index (χ0n) is 15.0. The molecule has 0 saturated heterocycles. The first kappa shape index (κ1) is 19.6. The first-order chi connectivity index (χ1) is 13.5. The maximum absolute atomic E-state index is 12.7. The third kappa shape index (κ3) is 4.57. The van der Waals surface area contributed by atoms with Crippen LogP contribution in [0.3, 0.4) is 0 Å². The molecule has 3 aromatic rings. The Morgan fingerprint density at radius 2 is 1.75 bits per heavy atom. The van der Waals surface area contributed by atoms with E-state index in [1.807, 2.05) is 30.3 Å². The number of carbonyl (C=O) groups excluding carboxylic acids is 1. The third-order valence-electron chi connectivity index (χ3n) is 4.08. The summed E-state index contributed by atoms with van der Waals surface area (Å²) < 4.78 is 32.1. The topological polar surface area (TPSA) is 88.4 Å². The molecule has 28 heavy (non-hydrogen) atoms. The van der Waals surface area contributed by atoms with Gasteiger partial charge < -0.3 is 9.73 Å². The van der Waals surface area contributed by atoms with Crippen LogP contribution < -0.4 is 10.0 Å². The normalized spacial score (nSPS) is 12.3. The number of amides is 1. The minimum atomic E-state index is -3.63. The molecule has 0 spiro atoms. The van der Waals surface area contributed by atoms with Crippen molar-refractivity contribution in [2.75, 3.05) is 6.54 Å². The monoisotopic (exact) mass is 396 g/mol. The molecular formula is C21H20N2O4S. The molecule has 1 atom stereocenters. The van der Waals surface area contributed by atoms with E-state index in [0.717, 1.165) is 5.56 Å². The Labute approximate surface area is 163 Å². The number of benzene rings is 2. The van der Waals surface area contributed by atoms with Crippen LogP contribution in [0.2, 0.25) is 0 Å². The fraction of sp³-hybridized carbons (Fsp3) is 0.0952. The lowest BCUT2D eigenvalue weighted by atomic mass is 10.0. The predicted molar refractivity (Wildman–Crippen MR) is 106 cm³/mol. The third-order valence-corrected chi connectivity index (χ3v) is 5.52. The Balaban J connectivity index is 1.80. The van der Waals surface area contributed by atoms with Crippen LogP contribution in [-0.4, -0.2) is 20.9 Å². The van der Waals surface area contributed by atoms with Crippen LogP contribution in [0.25, 0.3) is 0 Å². The van der Waals surface area contributed by atoms with Crippen LogP contribution in [0.15, 0.2) is 95.0 Å². The molecule has 0 aliphatic rings. The Bertz CT molecular complexity index is 1030. The molecule has 1 aromatic heterocycles. The number of carbonyl (C=O) groups is 1. The molecule has 1 amide bonds. The van der Waals surface area contributed by atoms with Gasteiger partial charge >= 0.3 is 0 Å². The molecule has 7 heteroatoms. The number of furan rings is 1. The molecule has 144 valence electrons. The second-order valence-corrected chi connectivity index (χ2v) is 7.76.